The first-order valence-electron chi connectivity index (χ1n) is 6.35. The number of benzene rings is 2. The van der Waals surface area contributed by atoms with Crippen molar-refractivity contribution in [1.82, 2.24) is 5.43 Å². The molecule has 0 aromatic heterocycles. The predicted octanol–water partition coefficient (Wildman–Crippen LogP) is 2.38. The molecule has 0 aliphatic heterocycles. The SMILES string of the molecule is O=C(N/N=C/c1cc(Br)ccc1O)C(=O)Nc1ccccc1F. The number of carbonyl (C=O) groups excluding carboxylic acids is 2. The van der Waals surface area contributed by atoms with Crippen LogP contribution in [-0.2, 0) is 9.59 Å². The van der Waals surface area contributed by atoms with Crippen molar-refractivity contribution in [3.05, 3.63) is 58.3 Å². The average molecular weight is 380 g/mol. The molecule has 23 heavy (non-hydrogen) atoms. The first-order valence-corrected chi connectivity index (χ1v) is 7.14. The van der Waals surface area contributed by atoms with Crippen LogP contribution < -0.4 is 10.7 Å². The van der Waals surface area contributed by atoms with E-state index in [1.807, 2.05) is 5.43 Å². The molecule has 2 rings (SSSR count). The summed E-state index contributed by atoms with van der Waals surface area (Å²) in [6.07, 6.45) is 1.17. The van der Waals surface area contributed by atoms with Crippen molar-refractivity contribution in [3.63, 3.8) is 0 Å². The van der Waals surface area contributed by atoms with Crippen LogP contribution >= 0.6 is 15.9 Å². The largest absolute Gasteiger partial charge is 0.507 e. The molecule has 0 aliphatic rings. The van der Waals surface area contributed by atoms with Gasteiger partial charge < -0.3 is 10.4 Å². The minimum absolute atomic E-state index is 0.0398. The minimum atomic E-state index is -1.07. The highest BCUT2D eigenvalue weighted by atomic mass is 79.9. The van der Waals surface area contributed by atoms with Gasteiger partial charge in [-0.05, 0) is 30.3 Å². The second kappa shape index (κ2) is 7.50. The van der Waals surface area contributed by atoms with Gasteiger partial charge in [-0.2, -0.15) is 5.10 Å². The number of hydrogen-bond donors (Lipinski definition) is 3. The van der Waals surface area contributed by atoms with Gasteiger partial charge in [0.15, 0.2) is 0 Å². The Labute approximate surface area is 139 Å². The highest BCUT2D eigenvalue weighted by molar-refractivity contribution is 9.10. The van der Waals surface area contributed by atoms with Crippen molar-refractivity contribution in [2.45, 2.75) is 0 Å². The molecule has 0 fully saturated rings. The Morgan fingerprint density at radius 1 is 1.17 bits per heavy atom. The van der Waals surface area contributed by atoms with Crippen molar-refractivity contribution in [1.29, 1.82) is 0 Å². The summed E-state index contributed by atoms with van der Waals surface area (Å²) in [6, 6.07) is 10.1. The van der Waals surface area contributed by atoms with Crippen LogP contribution in [0.3, 0.4) is 0 Å². The number of nitrogens with zero attached hydrogens (tertiary/aromatic N) is 1. The highest BCUT2D eigenvalue weighted by Gasteiger charge is 2.14. The van der Waals surface area contributed by atoms with Gasteiger partial charge in [0.2, 0.25) is 0 Å². The average Bonchev–Trinajstić information content (AvgIpc) is 2.52. The molecule has 0 unspecified atom stereocenters. The number of para-hydroxylation sites is 1. The molecule has 0 spiro atoms. The van der Waals surface area contributed by atoms with Crippen LogP contribution in [0, 0.1) is 5.82 Å². The lowest BCUT2D eigenvalue weighted by Gasteiger charge is -2.04. The summed E-state index contributed by atoms with van der Waals surface area (Å²) in [5, 5.41) is 15.3. The van der Waals surface area contributed by atoms with Crippen LogP contribution in [0.2, 0.25) is 0 Å². The quantitative estimate of drug-likeness (QED) is 0.434. The normalized spacial score (nSPS) is 10.5. The first-order chi connectivity index (χ1) is 11.0. The third-order valence-corrected chi connectivity index (χ3v) is 3.18. The van der Waals surface area contributed by atoms with E-state index in [-0.39, 0.29) is 11.4 Å². The minimum Gasteiger partial charge on any atom is -0.507 e. The fraction of sp³-hybridized carbons (Fsp3) is 0. The molecular weight excluding hydrogens is 369 g/mol. The Morgan fingerprint density at radius 2 is 1.91 bits per heavy atom. The lowest BCUT2D eigenvalue weighted by molar-refractivity contribution is -0.136. The van der Waals surface area contributed by atoms with Gasteiger partial charge in [-0.15, -0.1) is 0 Å². The number of anilines is 1. The summed E-state index contributed by atoms with van der Waals surface area (Å²) >= 11 is 3.22. The molecule has 3 N–H and O–H groups in total. The first kappa shape index (κ1) is 16.6. The van der Waals surface area contributed by atoms with Gasteiger partial charge in [-0.3, -0.25) is 9.59 Å². The van der Waals surface area contributed by atoms with E-state index < -0.39 is 17.6 Å². The fourth-order valence-electron chi connectivity index (χ4n) is 1.58. The number of halogens is 2. The Bertz CT molecular complexity index is 780. The smallest absolute Gasteiger partial charge is 0.329 e. The number of phenolic OH excluding ortho intramolecular Hbond substituents is 1. The molecule has 0 bridgehead atoms. The lowest BCUT2D eigenvalue weighted by atomic mass is 10.2. The summed E-state index contributed by atoms with van der Waals surface area (Å²) in [5.41, 5.74) is 2.22. The molecule has 0 saturated carbocycles. The van der Waals surface area contributed by atoms with Gasteiger partial charge in [0, 0.05) is 10.0 Å². The number of hydrazone groups is 1. The van der Waals surface area contributed by atoms with Crippen molar-refractivity contribution in [3.8, 4) is 5.75 Å². The van der Waals surface area contributed by atoms with E-state index in [0.29, 0.717) is 10.0 Å². The van der Waals surface area contributed by atoms with Crippen LogP contribution in [0.1, 0.15) is 5.56 Å². The molecular formula is C15H11BrFN3O3. The number of rotatable bonds is 3. The maximum Gasteiger partial charge on any atom is 0.329 e. The molecule has 118 valence electrons. The zero-order valence-corrected chi connectivity index (χ0v) is 13.2. The molecule has 8 heteroatoms. The molecule has 0 aliphatic carbocycles. The number of hydrogen-bond acceptors (Lipinski definition) is 4. The molecule has 2 aromatic carbocycles. The van der Waals surface area contributed by atoms with Crippen molar-refractivity contribution >= 4 is 39.6 Å². The Kier molecular flexibility index (Phi) is 5.42. The van der Waals surface area contributed by atoms with E-state index in [2.05, 4.69) is 26.3 Å². The number of carbonyl (C=O) groups is 2. The van der Waals surface area contributed by atoms with Gasteiger partial charge in [0.25, 0.3) is 0 Å². The van der Waals surface area contributed by atoms with Gasteiger partial charge in [-0.25, -0.2) is 9.82 Å². The lowest BCUT2D eigenvalue weighted by Crippen LogP contribution is -2.32. The van der Waals surface area contributed by atoms with Gasteiger partial charge in [0.1, 0.15) is 11.6 Å². The van der Waals surface area contributed by atoms with Crippen LogP contribution in [0.5, 0.6) is 5.75 Å². The van der Waals surface area contributed by atoms with E-state index in [9.17, 15) is 19.1 Å². The van der Waals surface area contributed by atoms with Crippen LogP contribution in [-0.4, -0.2) is 23.1 Å². The number of phenols is 1. The Balaban J connectivity index is 1.96. The molecule has 0 radical (unpaired) electrons. The topological polar surface area (TPSA) is 90.8 Å². The molecule has 0 heterocycles. The zero-order chi connectivity index (χ0) is 16.8. The number of amides is 2. The van der Waals surface area contributed by atoms with Gasteiger partial charge in [0.05, 0.1) is 11.9 Å². The predicted molar refractivity (Wildman–Crippen MR) is 86.6 cm³/mol. The van der Waals surface area contributed by atoms with E-state index >= 15 is 0 Å². The molecule has 0 saturated heterocycles. The summed E-state index contributed by atoms with van der Waals surface area (Å²) < 4.78 is 14.1. The maximum atomic E-state index is 13.4. The monoisotopic (exact) mass is 379 g/mol. The third-order valence-electron chi connectivity index (χ3n) is 2.69. The third kappa shape index (κ3) is 4.62. The van der Waals surface area contributed by atoms with Crippen molar-refractivity contribution < 1.29 is 19.1 Å². The summed E-state index contributed by atoms with van der Waals surface area (Å²) in [7, 11) is 0. The zero-order valence-electron chi connectivity index (χ0n) is 11.6. The van der Waals surface area contributed by atoms with E-state index in [1.165, 1.54) is 30.5 Å². The molecule has 0 atom stereocenters. The molecule has 2 aromatic rings. The van der Waals surface area contributed by atoms with Gasteiger partial charge in [-0.1, -0.05) is 28.1 Å². The van der Waals surface area contributed by atoms with E-state index in [1.54, 1.807) is 12.1 Å². The van der Waals surface area contributed by atoms with Crippen LogP contribution in [0.15, 0.2) is 52.0 Å². The Morgan fingerprint density at radius 3 is 2.65 bits per heavy atom. The van der Waals surface area contributed by atoms with E-state index in [4.69, 9.17) is 0 Å². The van der Waals surface area contributed by atoms with Crippen molar-refractivity contribution in [2.24, 2.45) is 5.10 Å². The van der Waals surface area contributed by atoms with Gasteiger partial charge >= 0.3 is 11.8 Å². The van der Waals surface area contributed by atoms with Crippen LogP contribution in [0.25, 0.3) is 0 Å². The second-order valence-corrected chi connectivity index (χ2v) is 5.25. The molecule has 2 amide bonds. The highest BCUT2D eigenvalue weighted by Crippen LogP contribution is 2.19. The summed E-state index contributed by atoms with van der Waals surface area (Å²) in [6.45, 7) is 0. The number of nitrogens with one attached hydrogen (secondary N) is 2. The van der Waals surface area contributed by atoms with Crippen molar-refractivity contribution in [2.75, 3.05) is 5.32 Å². The standard InChI is InChI=1S/C15H11BrFN3O3/c16-10-5-6-13(21)9(7-10)8-18-20-15(23)14(22)19-12-4-2-1-3-11(12)17/h1-8,21H,(H,19,22)(H,20,23)/b18-8+. The van der Waals surface area contributed by atoms with Crippen LogP contribution in [0.4, 0.5) is 10.1 Å². The summed E-state index contributed by atoms with van der Waals surface area (Å²) in [4.78, 5) is 23.2. The number of aromatic hydroxyl groups is 1. The molecule has 6 nitrogen and oxygen atoms in total. The fourth-order valence-corrected chi connectivity index (χ4v) is 1.96. The maximum absolute atomic E-state index is 13.4. The van der Waals surface area contributed by atoms with E-state index in [0.717, 1.165) is 6.07 Å². The second-order valence-electron chi connectivity index (χ2n) is 4.34. The summed E-state index contributed by atoms with van der Waals surface area (Å²) in [5.74, 6) is -2.83. The Hall–Kier alpha value is -2.74.